The van der Waals surface area contributed by atoms with E-state index in [1.807, 2.05) is 30.3 Å². The van der Waals surface area contributed by atoms with E-state index in [-0.39, 0.29) is 24.7 Å². The highest BCUT2D eigenvalue weighted by molar-refractivity contribution is 5.78. The van der Waals surface area contributed by atoms with E-state index in [1.165, 1.54) is 12.1 Å². The van der Waals surface area contributed by atoms with Crippen molar-refractivity contribution in [2.75, 3.05) is 0 Å². The van der Waals surface area contributed by atoms with Gasteiger partial charge in [0, 0.05) is 5.56 Å². The molecule has 1 aromatic heterocycles. The molecule has 0 fully saturated rings. The third-order valence-corrected chi connectivity index (χ3v) is 3.21. The lowest BCUT2D eigenvalue weighted by Gasteiger charge is -2.02. The predicted octanol–water partition coefficient (Wildman–Crippen LogP) is 2.73. The van der Waals surface area contributed by atoms with Crippen LogP contribution in [0.5, 0.6) is 0 Å². The minimum absolute atomic E-state index is 0.153. The number of hydrogen-bond donors (Lipinski definition) is 1. The highest BCUT2D eigenvalue weighted by Crippen LogP contribution is 2.14. The second-order valence-electron chi connectivity index (χ2n) is 4.96. The molecular formula is C17H14FN3O2. The van der Waals surface area contributed by atoms with Crippen molar-refractivity contribution in [1.29, 1.82) is 0 Å². The molecule has 3 rings (SSSR count). The smallest absolute Gasteiger partial charge is 0.246 e. The fourth-order valence-electron chi connectivity index (χ4n) is 2.06. The number of nitrogens with zero attached hydrogens (tertiary/aromatic N) is 2. The van der Waals surface area contributed by atoms with Crippen LogP contribution in [0.15, 0.2) is 59.1 Å². The van der Waals surface area contributed by atoms with Gasteiger partial charge in [0.05, 0.1) is 13.0 Å². The van der Waals surface area contributed by atoms with E-state index >= 15 is 0 Å². The summed E-state index contributed by atoms with van der Waals surface area (Å²) in [4.78, 5) is 16.1. The van der Waals surface area contributed by atoms with Crippen molar-refractivity contribution in [1.82, 2.24) is 15.5 Å². The van der Waals surface area contributed by atoms with Crippen LogP contribution in [0.1, 0.15) is 11.5 Å². The second kappa shape index (κ2) is 6.83. The van der Waals surface area contributed by atoms with E-state index in [0.29, 0.717) is 11.7 Å². The van der Waals surface area contributed by atoms with E-state index in [9.17, 15) is 9.18 Å². The molecule has 0 aliphatic carbocycles. The molecule has 23 heavy (non-hydrogen) atoms. The van der Waals surface area contributed by atoms with E-state index in [1.54, 1.807) is 12.1 Å². The van der Waals surface area contributed by atoms with Gasteiger partial charge in [0.1, 0.15) is 5.82 Å². The molecule has 6 heteroatoms. The molecule has 0 aliphatic rings. The minimum Gasteiger partial charge on any atom is -0.347 e. The Kier molecular flexibility index (Phi) is 4.42. The first-order valence-corrected chi connectivity index (χ1v) is 7.10. The fourth-order valence-corrected chi connectivity index (χ4v) is 2.06. The van der Waals surface area contributed by atoms with Gasteiger partial charge in [0.25, 0.3) is 0 Å². The molecule has 5 nitrogen and oxygen atoms in total. The SMILES string of the molecule is O=C(Cc1ccc(F)cc1)NCc1nc(-c2ccccc2)no1. The highest BCUT2D eigenvalue weighted by Gasteiger charge is 2.10. The zero-order valence-electron chi connectivity index (χ0n) is 12.2. The van der Waals surface area contributed by atoms with Crippen LogP contribution in [0.4, 0.5) is 4.39 Å². The third kappa shape index (κ3) is 4.00. The molecule has 0 aliphatic heterocycles. The lowest BCUT2D eigenvalue weighted by atomic mass is 10.1. The molecule has 0 saturated heterocycles. The molecule has 0 unspecified atom stereocenters. The van der Waals surface area contributed by atoms with Gasteiger partial charge in [-0.3, -0.25) is 4.79 Å². The highest BCUT2D eigenvalue weighted by atomic mass is 19.1. The first-order chi connectivity index (χ1) is 11.2. The van der Waals surface area contributed by atoms with Gasteiger partial charge in [-0.25, -0.2) is 4.39 Å². The number of carbonyl (C=O) groups is 1. The van der Waals surface area contributed by atoms with Crippen LogP contribution in [0.3, 0.4) is 0 Å². The summed E-state index contributed by atoms with van der Waals surface area (Å²) in [5, 5.41) is 6.58. The zero-order chi connectivity index (χ0) is 16.1. The number of carbonyl (C=O) groups excluding carboxylic acids is 1. The summed E-state index contributed by atoms with van der Waals surface area (Å²) >= 11 is 0. The van der Waals surface area contributed by atoms with Gasteiger partial charge in [0.2, 0.25) is 17.6 Å². The van der Waals surface area contributed by atoms with Crippen molar-refractivity contribution < 1.29 is 13.7 Å². The van der Waals surface area contributed by atoms with E-state index < -0.39 is 0 Å². The van der Waals surface area contributed by atoms with Crippen LogP contribution in [-0.4, -0.2) is 16.0 Å². The predicted molar refractivity (Wildman–Crippen MR) is 81.7 cm³/mol. The summed E-state index contributed by atoms with van der Waals surface area (Å²) in [6, 6.07) is 15.2. The maximum Gasteiger partial charge on any atom is 0.246 e. The molecule has 1 N–H and O–H groups in total. The van der Waals surface area contributed by atoms with Gasteiger partial charge in [-0.2, -0.15) is 4.98 Å². The number of nitrogens with one attached hydrogen (secondary N) is 1. The van der Waals surface area contributed by atoms with Crippen molar-refractivity contribution in [2.24, 2.45) is 0 Å². The standard InChI is InChI=1S/C17H14FN3O2/c18-14-8-6-12(7-9-14)10-15(22)19-11-16-20-17(21-23-16)13-4-2-1-3-5-13/h1-9H,10-11H2,(H,19,22). The Balaban J connectivity index is 1.55. The summed E-state index contributed by atoms with van der Waals surface area (Å²) in [6.07, 6.45) is 0.167. The molecule has 116 valence electrons. The van der Waals surface area contributed by atoms with E-state index in [2.05, 4.69) is 15.5 Å². The first-order valence-electron chi connectivity index (χ1n) is 7.10. The lowest BCUT2D eigenvalue weighted by Crippen LogP contribution is -2.24. The van der Waals surface area contributed by atoms with Crippen molar-refractivity contribution in [3.63, 3.8) is 0 Å². The van der Waals surface area contributed by atoms with Crippen molar-refractivity contribution in [2.45, 2.75) is 13.0 Å². The minimum atomic E-state index is -0.326. The maximum atomic E-state index is 12.8. The van der Waals surface area contributed by atoms with Crippen LogP contribution in [-0.2, 0) is 17.8 Å². The van der Waals surface area contributed by atoms with Gasteiger partial charge >= 0.3 is 0 Å². The summed E-state index contributed by atoms with van der Waals surface area (Å²) < 4.78 is 17.9. The third-order valence-electron chi connectivity index (χ3n) is 3.21. The molecule has 0 atom stereocenters. The number of hydrogen-bond acceptors (Lipinski definition) is 4. The first kappa shape index (κ1) is 14.9. The van der Waals surface area contributed by atoms with Crippen molar-refractivity contribution >= 4 is 5.91 Å². The Morgan fingerprint density at radius 3 is 2.57 bits per heavy atom. The summed E-state index contributed by atoms with van der Waals surface area (Å²) in [5.74, 6) is 0.286. The molecular weight excluding hydrogens is 297 g/mol. The summed E-state index contributed by atoms with van der Waals surface area (Å²) in [7, 11) is 0. The zero-order valence-corrected chi connectivity index (χ0v) is 12.2. The average Bonchev–Trinajstić information content (AvgIpc) is 3.05. The summed E-state index contributed by atoms with van der Waals surface area (Å²) in [5.41, 5.74) is 1.58. The monoisotopic (exact) mass is 311 g/mol. The molecule has 3 aromatic rings. The quantitative estimate of drug-likeness (QED) is 0.786. The van der Waals surface area contributed by atoms with Crippen molar-refractivity contribution in [3.8, 4) is 11.4 Å². The Hall–Kier alpha value is -3.02. The molecule has 0 spiro atoms. The molecule has 2 aromatic carbocycles. The fraction of sp³-hybridized carbons (Fsp3) is 0.118. The number of halogens is 1. The molecule has 1 amide bonds. The Morgan fingerprint density at radius 1 is 1.09 bits per heavy atom. The van der Waals surface area contributed by atoms with Crippen molar-refractivity contribution in [3.05, 3.63) is 71.9 Å². The van der Waals surface area contributed by atoms with Crippen LogP contribution < -0.4 is 5.32 Å². The van der Waals surface area contributed by atoms with Crippen LogP contribution in [0.25, 0.3) is 11.4 Å². The molecule has 1 heterocycles. The molecule has 0 bridgehead atoms. The summed E-state index contributed by atoms with van der Waals surface area (Å²) in [6.45, 7) is 0.153. The number of amides is 1. The van der Waals surface area contributed by atoms with Crippen LogP contribution in [0, 0.1) is 5.82 Å². The van der Waals surface area contributed by atoms with Gasteiger partial charge in [-0.1, -0.05) is 47.6 Å². The normalized spacial score (nSPS) is 10.5. The maximum absolute atomic E-state index is 12.8. The van der Waals surface area contributed by atoms with Gasteiger partial charge < -0.3 is 9.84 Å². The second-order valence-corrected chi connectivity index (χ2v) is 4.96. The molecule has 0 radical (unpaired) electrons. The van der Waals surface area contributed by atoms with E-state index in [0.717, 1.165) is 11.1 Å². The topological polar surface area (TPSA) is 68.0 Å². The Labute approximate surface area is 132 Å². The average molecular weight is 311 g/mol. The number of benzene rings is 2. The van der Waals surface area contributed by atoms with E-state index in [4.69, 9.17) is 4.52 Å². The Bertz CT molecular complexity index is 785. The van der Waals surface area contributed by atoms with Gasteiger partial charge in [0.15, 0.2) is 0 Å². The number of rotatable bonds is 5. The lowest BCUT2D eigenvalue weighted by molar-refractivity contribution is -0.120. The largest absolute Gasteiger partial charge is 0.347 e. The number of aromatic nitrogens is 2. The van der Waals surface area contributed by atoms with Crippen LogP contribution >= 0.6 is 0 Å². The van der Waals surface area contributed by atoms with Gasteiger partial charge in [-0.05, 0) is 17.7 Å². The van der Waals surface area contributed by atoms with Crippen LogP contribution in [0.2, 0.25) is 0 Å². The Morgan fingerprint density at radius 2 is 1.83 bits per heavy atom. The molecule has 0 saturated carbocycles. The van der Waals surface area contributed by atoms with Gasteiger partial charge in [-0.15, -0.1) is 0 Å².